The zero-order valence-electron chi connectivity index (χ0n) is 9.34. The number of aromatic nitrogens is 1. The maximum absolute atomic E-state index is 11.1. The van der Waals surface area contributed by atoms with E-state index in [1.807, 2.05) is 6.07 Å². The summed E-state index contributed by atoms with van der Waals surface area (Å²) < 4.78 is 6.20. The summed E-state index contributed by atoms with van der Waals surface area (Å²) in [5, 5.41) is 9.07. The molecule has 0 amide bonds. The first kappa shape index (κ1) is 12.6. The van der Waals surface area contributed by atoms with Crippen LogP contribution in [0.25, 0.3) is 0 Å². The van der Waals surface area contributed by atoms with Crippen LogP contribution >= 0.6 is 15.9 Å². The van der Waals surface area contributed by atoms with Crippen molar-refractivity contribution in [1.82, 2.24) is 4.98 Å². The second-order valence-electron chi connectivity index (χ2n) is 3.60. The van der Waals surface area contributed by atoms with E-state index in [9.17, 15) is 4.79 Å². The van der Waals surface area contributed by atoms with Crippen LogP contribution in [0.15, 0.2) is 47.2 Å². The van der Waals surface area contributed by atoms with Gasteiger partial charge in [0.15, 0.2) is 0 Å². The monoisotopic (exact) mass is 307 g/mol. The van der Waals surface area contributed by atoms with E-state index in [1.165, 1.54) is 6.07 Å². The number of pyridine rings is 1. The predicted octanol–water partition coefficient (Wildman–Crippen LogP) is 3.12. The number of hydrogen-bond acceptors (Lipinski definition) is 3. The Morgan fingerprint density at radius 2 is 2.22 bits per heavy atom. The highest BCUT2D eigenvalue weighted by molar-refractivity contribution is 9.10. The Kier molecular flexibility index (Phi) is 3.94. The number of halogens is 1. The maximum Gasteiger partial charge on any atom is 0.339 e. The number of rotatable bonds is 4. The van der Waals surface area contributed by atoms with Crippen LogP contribution in [0.3, 0.4) is 0 Å². The van der Waals surface area contributed by atoms with Crippen molar-refractivity contribution in [3.05, 3.63) is 58.3 Å². The summed E-state index contributed by atoms with van der Waals surface area (Å²) >= 11 is 3.23. The Bertz CT molecular complexity index is 557. The summed E-state index contributed by atoms with van der Waals surface area (Å²) in [4.78, 5) is 15.0. The molecule has 2 aromatic rings. The van der Waals surface area contributed by atoms with Gasteiger partial charge in [0.25, 0.3) is 0 Å². The molecule has 1 heterocycles. The number of carboxylic acid groups (broad SMARTS) is 1. The molecular formula is C13H10BrNO3. The molecule has 0 fully saturated rings. The van der Waals surface area contributed by atoms with Crippen LogP contribution < -0.4 is 4.74 Å². The van der Waals surface area contributed by atoms with Gasteiger partial charge in [0.1, 0.15) is 17.9 Å². The molecule has 0 aliphatic heterocycles. The van der Waals surface area contributed by atoms with Crippen molar-refractivity contribution in [2.75, 3.05) is 0 Å². The highest BCUT2D eigenvalue weighted by atomic mass is 79.9. The fourth-order valence-electron chi connectivity index (χ4n) is 1.44. The molecule has 0 spiro atoms. The molecule has 1 N–H and O–H groups in total. The average Bonchev–Trinajstić information content (AvgIpc) is 2.38. The van der Waals surface area contributed by atoms with Crippen LogP contribution in [0.4, 0.5) is 0 Å². The number of benzene rings is 1. The molecule has 92 valence electrons. The summed E-state index contributed by atoms with van der Waals surface area (Å²) in [7, 11) is 0. The van der Waals surface area contributed by atoms with Gasteiger partial charge in [0, 0.05) is 22.4 Å². The second-order valence-corrected chi connectivity index (χ2v) is 4.51. The van der Waals surface area contributed by atoms with Crippen LogP contribution in [-0.2, 0) is 6.61 Å². The van der Waals surface area contributed by atoms with Crippen molar-refractivity contribution in [2.45, 2.75) is 6.61 Å². The minimum Gasteiger partial charge on any atom is -0.488 e. The number of aromatic carboxylic acids is 1. The zero-order chi connectivity index (χ0) is 13.0. The third kappa shape index (κ3) is 3.07. The quantitative estimate of drug-likeness (QED) is 0.943. The molecule has 0 saturated carbocycles. The largest absolute Gasteiger partial charge is 0.488 e. The van der Waals surface area contributed by atoms with Gasteiger partial charge in [-0.1, -0.05) is 22.0 Å². The Balaban J connectivity index is 2.17. The molecule has 0 atom stereocenters. The van der Waals surface area contributed by atoms with Crippen LogP contribution in [0.1, 0.15) is 15.9 Å². The van der Waals surface area contributed by atoms with Gasteiger partial charge in [0.2, 0.25) is 0 Å². The lowest BCUT2D eigenvalue weighted by Crippen LogP contribution is -2.03. The summed E-state index contributed by atoms with van der Waals surface area (Å²) in [6.45, 7) is 0.287. The fraction of sp³-hybridized carbons (Fsp3) is 0.0769. The van der Waals surface area contributed by atoms with Crippen molar-refractivity contribution in [3.8, 4) is 5.75 Å². The van der Waals surface area contributed by atoms with Crippen molar-refractivity contribution in [1.29, 1.82) is 0 Å². The zero-order valence-corrected chi connectivity index (χ0v) is 10.9. The first-order valence-electron chi connectivity index (χ1n) is 5.21. The van der Waals surface area contributed by atoms with E-state index in [1.54, 1.807) is 30.6 Å². The first-order valence-corrected chi connectivity index (χ1v) is 6.00. The summed E-state index contributed by atoms with van der Waals surface area (Å²) in [6.07, 6.45) is 3.35. The number of nitrogens with zero attached hydrogens (tertiary/aromatic N) is 1. The molecule has 1 aromatic carbocycles. The molecule has 0 saturated heterocycles. The third-order valence-electron chi connectivity index (χ3n) is 2.29. The minimum atomic E-state index is -1.02. The number of hydrogen-bond donors (Lipinski definition) is 1. The van der Waals surface area contributed by atoms with Gasteiger partial charge in [-0.15, -0.1) is 0 Å². The van der Waals surface area contributed by atoms with Crippen molar-refractivity contribution >= 4 is 21.9 Å². The van der Waals surface area contributed by atoms with Crippen LogP contribution in [0.5, 0.6) is 5.75 Å². The van der Waals surface area contributed by atoms with Gasteiger partial charge >= 0.3 is 5.97 Å². The highest BCUT2D eigenvalue weighted by Crippen LogP contribution is 2.24. The first-order chi connectivity index (χ1) is 8.66. The minimum absolute atomic E-state index is 0.133. The normalized spacial score (nSPS) is 10.1. The van der Waals surface area contributed by atoms with Crippen molar-refractivity contribution in [3.63, 3.8) is 0 Å². The SMILES string of the molecule is O=C(O)c1cc(Br)ccc1OCc1cccnc1. The number of carboxylic acids is 1. The molecule has 1 aromatic heterocycles. The standard InChI is InChI=1S/C13H10BrNO3/c14-10-3-4-12(11(6-10)13(16)17)18-8-9-2-1-5-15-7-9/h1-7H,8H2,(H,16,17). The van der Waals surface area contributed by atoms with E-state index in [4.69, 9.17) is 9.84 Å². The molecule has 0 bridgehead atoms. The van der Waals surface area contributed by atoms with Crippen molar-refractivity contribution in [2.24, 2.45) is 0 Å². The molecule has 5 heteroatoms. The predicted molar refractivity (Wildman–Crippen MR) is 69.7 cm³/mol. The molecule has 0 radical (unpaired) electrons. The highest BCUT2D eigenvalue weighted by Gasteiger charge is 2.11. The smallest absolute Gasteiger partial charge is 0.339 e. The Labute approximate surface area is 112 Å². The van der Waals surface area contributed by atoms with Gasteiger partial charge in [0.05, 0.1) is 0 Å². The van der Waals surface area contributed by atoms with Gasteiger partial charge in [-0.25, -0.2) is 4.79 Å². The second kappa shape index (κ2) is 5.64. The van der Waals surface area contributed by atoms with E-state index in [2.05, 4.69) is 20.9 Å². The lowest BCUT2D eigenvalue weighted by molar-refractivity contribution is 0.0691. The molecule has 18 heavy (non-hydrogen) atoms. The van der Waals surface area contributed by atoms with Gasteiger partial charge in [-0.05, 0) is 24.3 Å². The van der Waals surface area contributed by atoms with E-state index in [0.29, 0.717) is 10.2 Å². The van der Waals surface area contributed by atoms with Gasteiger partial charge in [-0.2, -0.15) is 0 Å². The van der Waals surface area contributed by atoms with Crippen LogP contribution in [0, 0.1) is 0 Å². The summed E-state index contributed by atoms with van der Waals surface area (Å²) in [5.41, 5.74) is 1.02. The maximum atomic E-state index is 11.1. The van der Waals surface area contributed by atoms with Crippen LogP contribution in [0.2, 0.25) is 0 Å². The van der Waals surface area contributed by atoms with Gasteiger partial charge < -0.3 is 9.84 Å². The average molecular weight is 308 g/mol. The number of carbonyl (C=O) groups is 1. The van der Waals surface area contributed by atoms with Crippen LogP contribution in [-0.4, -0.2) is 16.1 Å². The third-order valence-corrected chi connectivity index (χ3v) is 2.78. The Morgan fingerprint density at radius 3 is 2.89 bits per heavy atom. The summed E-state index contributed by atoms with van der Waals surface area (Å²) in [6, 6.07) is 8.56. The lowest BCUT2D eigenvalue weighted by Gasteiger charge is -2.09. The molecule has 0 unspecified atom stereocenters. The lowest BCUT2D eigenvalue weighted by atomic mass is 10.2. The topological polar surface area (TPSA) is 59.4 Å². The van der Waals surface area contributed by atoms with Crippen molar-refractivity contribution < 1.29 is 14.6 Å². The van der Waals surface area contributed by atoms with Gasteiger partial charge in [-0.3, -0.25) is 4.98 Å². The van der Waals surface area contributed by atoms with E-state index < -0.39 is 5.97 Å². The molecular weight excluding hydrogens is 298 g/mol. The van der Waals surface area contributed by atoms with E-state index in [0.717, 1.165) is 5.56 Å². The number of ether oxygens (including phenoxy) is 1. The molecule has 4 nitrogen and oxygen atoms in total. The summed E-state index contributed by atoms with van der Waals surface area (Å²) in [5.74, 6) is -0.674. The van der Waals surface area contributed by atoms with E-state index in [-0.39, 0.29) is 12.2 Å². The Morgan fingerprint density at radius 1 is 1.39 bits per heavy atom. The fourth-order valence-corrected chi connectivity index (χ4v) is 1.80. The molecule has 0 aliphatic rings. The molecule has 2 rings (SSSR count). The van der Waals surface area contributed by atoms with E-state index >= 15 is 0 Å². The Hall–Kier alpha value is -1.88. The molecule has 0 aliphatic carbocycles.